The molecule has 2 fully saturated rings. The molecule has 2 amide bonds. The molecule has 1 aromatic carbocycles. The van der Waals surface area contributed by atoms with E-state index in [0.717, 1.165) is 57.0 Å². The Morgan fingerprint density at radius 1 is 0.906 bits per heavy atom. The molecule has 0 spiro atoms. The molecular formula is C24H34N4O4. The molecular weight excluding hydrogens is 408 g/mol. The fraction of sp³-hybridized carbons (Fsp3) is 0.583. The van der Waals surface area contributed by atoms with Gasteiger partial charge in [0.25, 0.3) is 11.8 Å². The highest BCUT2D eigenvalue weighted by Crippen LogP contribution is 2.33. The minimum absolute atomic E-state index is 0.172. The minimum atomic E-state index is -0.195. The van der Waals surface area contributed by atoms with Crippen LogP contribution in [0.4, 0.5) is 0 Å². The number of hydrogen-bond acceptors (Lipinski definition) is 7. The molecule has 8 heteroatoms. The van der Waals surface area contributed by atoms with Gasteiger partial charge in [-0.05, 0) is 31.2 Å². The van der Waals surface area contributed by atoms with Gasteiger partial charge >= 0.3 is 0 Å². The summed E-state index contributed by atoms with van der Waals surface area (Å²) in [7, 11) is 2.08. The van der Waals surface area contributed by atoms with Gasteiger partial charge in [0, 0.05) is 52.4 Å². The first kappa shape index (κ1) is 22.8. The molecule has 0 aliphatic carbocycles. The predicted molar refractivity (Wildman–Crippen MR) is 122 cm³/mol. The first-order chi connectivity index (χ1) is 15.6. The van der Waals surface area contributed by atoms with E-state index in [1.165, 1.54) is 4.90 Å². The van der Waals surface area contributed by atoms with E-state index in [1.54, 1.807) is 0 Å². The van der Waals surface area contributed by atoms with Gasteiger partial charge in [-0.3, -0.25) is 19.4 Å². The predicted octanol–water partition coefficient (Wildman–Crippen LogP) is 1.13. The Morgan fingerprint density at radius 2 is 1.59 bits per heavy atom. The number of amides is 2. The fourth-order valence-electron chi connectivity index (χ4n) is 4.35. The zero-order valence-electron chi connectivity index (χ0n) is 19.2. The van der Waals surface area contributed by atoms with E-state index in [4.69, 9.17) is 9.47 Å². The third-order valence-corrected chi connectivity index (χ3v) is 6.32. The smallest absolute Gasteiger partial charge is 0.277 e. The van der Waals surface area contributed by atoms with E-state index < -0.39 is 0 Å². The van der Waals surface area contributed by atoms with Crippen LogP contribution in [0.3, 0.4) is 0 Å². The second-order valence-corrected chi connectivity index (χ2v) is 8.60. The van der Waals surface area contributed by atoms with E-state index in [-0.39, 0.29) is 11.8 Å². The Balaban J connectivity index is 1.57. The Kier molecular flexibility index (Phi) is 7.44. The number of benzene rings is 1. The number of ether oxygens (including phenoxy) is 2. The maximum Gasteiger partial charge on any atom is 0.277 e. The Hall–Kier alpha value is -2.42. The number of nitrogens with zero attached hydrogens (tertiary/aromatic N) is 4. The van der Waals surface area contributed by atoms with Crippen molar-refractivity contribution in [2.24, 2.45) is 0 Å². The van der Waals surface area contributed by atoms with Crippen LogP contribution in [0.2, 0.25) is 0 Å². The molecule has 3 aliphatic rings. The number of likely N-dealkylation sites (N-methyl/N-ethyl adjacent to an activating group) is 1. The molecule has 3 heterocycles. The summed E-state index contributed by atoms with van der Waals surface area (Å²) in [6.07, 6.45) is 0.936. The van der Waals surface area contributed by atoms with Crippen LogP contribution < -0.4 is 4.74 Å². The number of imide groups is 1. The minimum Gasteiger partial charge on any atom is -0.494 e. The quantitative estimate of drug-likeness (QED) is 0.560. The molecule has 8 nitrogen and oxygen atoms in total. The average molecular weight is 443 g/mol. The molecule has 0 radical (unpaired) electrons. The molecule has 1 aromatic rings. The molecule has 174 valence electrons. The van der Waals surface area contributed by atoms with Crippen LogP contribution in [0.1, 0.15) is 18.9 Å². The number of carbonyl (C=O) groups excluding carboxylic acids is 2. The Bertz CT molecular complexity index is 840. The molecule has 32 heavy (non-hydrogen) atoms. The molecule has 4 rings (SSSR count). The van der Waals surface area contributed by atoms with E-state index in [0.29, 0.717) is 44.2 Å². The summed E-state index contributed by atoms with van der Waals surface area (Å²) in [5.74, 6) is 0.409. The van der Waals surface area contributed by atoms with E-state index in [2.05, 4.69) is 28.7 Å². The van der Waals surface area contributed by atoms with Gasteiger partial charge in [-0.25, -0.2) is 0 Å². The van der Waals surface area contributed by atoms with Crippen LogP contribution >= 0.6 is 0 Å². The van der Waals surface area contributed by atoms with E-state index in [9.17, 15) is 9.59 Å². The van der Waals surface area contributed by atoms with Crippen molar-refractivity contribution in [2.75, 3.05) is 79.2 Å². The third-order valence-electron chi connectivity index (χ3n) is 6.32. The molecule has 0 bridgehead atoms. The van der Waals surface area contributed by atoms with Gasteiger partial charge in [-0.2, -0.15) is 0 Å². The first-order valence-electron chi connectivity index (χ1n) is 11.7. The monoisotopic (exact) mass is 442 g/mol. The number of rotatable bonds is 8. The number of hydrogen-bond donors (Lipinski definition) is 0. The summed E-state index contributed by atoms with van der Waals surface area (Å²) >= 11 is 0. The van der Waals surface area contributed by atoms with Crippen molar-refractivity contribution >= 4 is 17.4 Å². The zero-order chi connectivity index (χ0) is 22.5. The van der Waals surface area contributed by atoms with Crippen molar-refractivity contribution in [2.45, 2.75) is 13.3 Å². The lowest BCUT2D eigenvalue weighted by atomic mass is 10.0. The van der Waals surface area contributed by atoms with E-state index in [1.807, 2.05) is 24.3 Å². The molecule has 3 aliphatic heterocycles. The van der Waals surface area contributed by atoms with Gasteiger partial charge in [-0.15, -0.1) is 0 Å². The topological polar surface area (TPSA) is 65.6 Å². The highest BCUT2D eigenvalue weighted by molar-refractivity contribution is 6.35. The summed E-state index contributed by atoms with van der Waals surface area (Å²) in [4.78, 5) is 35.0. The lowest BCUT2D eigenvalue weighted by Gasteiger charge is -2.34. The fourth-order valence-corrected chi connectivity index (χ4v) is 4.35. The SMILES string of the molecule is CCCOc1ccc(C2=C(N3CCN(C)CC3)C(=O)N(CCN3CCOCC3)C2=O)cc1. The molecule has 0 atom stereocenters. The van der Waals surface area contributed by atoms with Crippen LogP contribution in [0.25, 0.3) is 5.57 Å². The normalized spacial score (nSPS) is 21.1. The number of piperazine rings is 1. The van der Waals surface area contributed by atoms with E-state index >= 15 is 0 Å². The van der Waals surface area contributed by atoms with Gasteiger partial charge in [0.2, 0.25) is 0 Å². The summed E-state index contributed by atoms with van der Waals surface area (Å²) in [6.45, 7) is 10.1. The largest absolute Gasteiger partial charge is 0.494 e. The summed E-state index contributed by atoms with van der Waals surface area (Å²) in [6, 6.07) is 7.56. The van der Waals surface area contributed by atoms with Crippen LogP contribution in [0, 0.1) is 0 Å². The van der Waals surface area contributed by atoms with Crippen molar-refractivity contribution in [1.29, 1.82) is 0 Å². The van der Waals surface area contributed by atoms with Crippen LogP contribution in [-0.2, 0) is 14.3 Å². The zero-order valence-corrected chi connectivity index (χ0v) is 19.2. The van der Waals surface area contributed by atoms with Crippen molar-refractivity contribution in [3.05, 3.63) is 35.5 Å². The van der Waals surface area contributed by atoms with Crippen molar-refractivity contribution in [3.8, 4) is 5.75 Å². The van der Waals surface area contributed by atoms with Crippen LogP contribution in [-0.4, -0.2) is 111 Å². The van der Waals surface area contributed by atoms with Gasteiger partial charge in [-0.1, -0.05) is 19.1 Å². The summed E-state index contributed by atoms with van der Waals surface area (Å²) in [5, 5.41) is 0. The number of carbonyl (C=O) groups is 2. The van der Waals surface area contributed by atoms with Crippen molar-refractivity contribution in [3.63, 3.8) is 0 Å². The van der Waals surface area contributed by atoms with Gasteiger partial charge in [0.1, 0.15) is 11.4 Å². The molecule has 0 aromatic heterocycles. The van der Waals surface area contributed by atoms with Crippen LogP contribution in [0.5, 0.6) is 5.75 Å². The third kappa shape index (κ3) is 4.98. The van der Waals surface area contributed by atoms with Crippen molar-refractivity contribution < 1.29 is 19.1 Å². The Labute approximate surface area is 190 Å². The first-order valence-corrected chi connectivity index (χ1v) is 11.7. The Morgan fingerprint density at radius 3 is 2.25 bits per heavy atom. The summed E-state index contributed by atoms with van der Waals surface area (Å²) in [5.41, 5.74) is 1.84. The average Bonchev–Trinajstić information content (AvgIpc) is 3.07. The van der Waals surface area contributed by atoms with Gasteiger partial charge in [0.05, 0.1) is 25.4 Å². The lowest BCUT2D eigenvalue weighted by molar-refractivity contribution is -0.138. The maximum atomic E-state index is 13.5. The molecule has 0 N–H and O–H groups in total. The maximum absolute atomic E-state index is 13.5. The molecule has 0 unspecified atom stereocenters. The molecule has 0 saturated carbocycles. The van der Waals surface area contributed by atoms with Gasteiger partial charge < -0.3 is 19.3 Å². The summed E-state index contributed by atoms with van der Waals surface area (Å²) < 4.78 is 11.1. The van der Waals surface area contributed by atoms with Crippen LogP contribution in [0.15, 0.2) is 30.0 Å². The second-order valence-electron chi connectivity index (χ2n) is 8.60. The standard InChI is InChI=1S/C24H34N4O4/c1-3-16-32-20-6-4-19(5-7-20)21-22(27-11-8-25(2)9-12-27)24(30)28(23(21)29)13-10-26-14-17-31-18-15-26/h4-7H,3,8-18H2,1-2H3. The lowest BCUT2D eigenvalue weighted by Crippen LogP contribution is -2.47. The highest BCUT2D eigenvalue weighted by Gasteiger charge is 2.42. The second kappa shape index (κ2) is 10.5. The molecule has 2 saturated heterocycles. The highest BCUT2D eigenvalue weighted by atomic mass is 16.5. The van der Waals surface area contributed by atoms with Crippen molar-refractivity contribution in [1.82, 2.24) is 19.6 Å². The van der Waals surface area contributed by atoms with Gasteiger partial charge in [0.15, 0.2) is 0 Å². The number of morpholine rings is 1.